The molecule has 1 fully saturated rings. The standard InChI is InChI=1S/C21H33N5O4.HI/c1-2-23-21(24-9-3-10-29-14-17-8-11-30-15-17)26-12-16-4-6-18(7-5-16)20(28)25-13-19(22)27;/h4-7,17H,2-3,8-15H2,1H3,(H2,22,27)(H,25,28)(H2,23,24,26);1H. The average molecular weight is 547 g/mol. The number of guanidine groups is 1. The van der Waals surface area contributed by atoms with Crippen LogP contribution in [-0.2, 0) is 20.8 Å². The van der Waals surface area contributed by atoms with Crippen molar-refractivity contribution in [3.63, 3.8) is 0 Å². The van der Waals surface area contributed by atoms with Crippen molar-refractivity contribution in [2.24, 2.45) is 16.6 Å². The maximum Gasteiger partial charge on any atom is 0.251 e. The number of amides is 2. The molecule has 1 aromatic carbocycles. The SMILES string of the molecule is CCNC(=NCc1ccc(C(=O)NCC(N)=O)cc1)NCCCOCC1CCOC1.I. The van der Waals surface area contributed by atoms with Crippen LogP contribution < -0.4 is 21.7 Å². The first kappa shape index (κ1) is 27.1. The minimum atomic E-state index is -0.576. The molecule has 174 valence electrons. The van der Waals surface area contributed by atoms with E-state index in [9.17, 15) is 9.59 Å². The summed E-state index contributed by atoms with van der Waals surface area (Å²) in [7, 11) is 0. The first-order valence-corrected chi connectivity index (χ1v) is 10.4. The number of carbonyl (C=O) groups excluding carboxylic acids is 2. The van der Waals surface area contributed by atoms with Crippen molar-refractivity contribution in [2.45, 2.75) is 26.3 Å². The zero-order valence-electron chi connectivity index (χ0n) is 18.0. The Balaban J connectivity index is 0.00000480. The molecule has 1 aromatic rings. The molecular formula is C21H34IN5O4. The highest BCUT2D eigenvalue weighted by Crippen LogP contribution is 2.12. The molecule has 1 aliphatic heterocycles. The lowest BCUT2D eigenvalue weighted by Gasteiger charge is -2.12. The third kappa shape index (κ3) is 11.3. The summed E-state index contributed by atoms with van der Waals surface area (Å²) in [5.41, 5.74) is 6.47. The summed E-state index contributed by atoms with van der Waals surface area (Å²) in [6.07, 6.45) is 1.99. The van der Waals surface area contributed by atoms with Crippen LogP contribution in [0.5, 0.6) is 0 Å². The number of nitrogens with two attached hydrogens (primary N) is 1. The quantitative estimate of drug-likeness (QED) is 0.134. The molecule has 0 saturated carbocycles. The molecule has 0 bridgehead atoms. The third-order valence-corrected chi connectivity index (χ3v) is 4.54. The van der Waals surface area contributed by atoms with Gasteiger partial charge < -0.3 is 31.2 Å². The van der Waals surface area contributed by atoms with E-state index in [4.69, 9.17) is 15.2 Å². The topological polar surface area (TPSA) is 127 Å². The fraction of sp³-hybridized carbons (Fsp3) is 0.571. The zero-order valence-corrected chi connectivity index (χ0v) is 20.4. The fourth-order valence-corrected chi connectivity index (χ4v) is 2.89. The van der Waals surface area contributed by atoms with Gasteiger partial charge in [0.05, 0.1) is 26.3 Å². The van der Waals surface area contributed by atoms with Gasteiger partial charge in [-0.1, -0.05) is 12.1 Å². The van der Waals surface area contributed by atoms with Crippen LogP contribution in [-0.4, -0.2) is 63.8 Å². The smallest absolute Gasteiger partial charge is 0.251 e. The van der Waals surface area contributed by atoms with E-state index in [1.165, 1.54) is 0 Å². The minimum Gasteiger partial charge on any atom is -0.381 e. The Labute approximate surface area is 200 Å². The number of nitrogens with one attached hydrogen (secondary N) is 3. The van der Waals surface area contributed by atoms with Gasteiger partial charge in [0.15, 0.2) is 5.96 Å². The molecule has 1 unspecified atom stereocenters. The largest absolute Gasteiger partial charge is 0.381 e. The zero-order chi connectivity index (χ0) is 21.6. The Morgan fingerprint density at radius 2 is 2.00 bits per heavy atom. The molecule has 5 N–H and O–H groups in total. The molecule has 2 rings (SSSR count). The van der Waals surface area contributed by atoms with E-state index in [2.05, 4.69) is 20.9 Å². The number of hydrogen-bond donors (Lipinski definition) is 4. The van der Waals surface area contributed by atoms with Crippen molar-refractivity contribution in [1.29, 1.82) is 0 Å². The minimum absolute atomic E-state index is 0. The molecule has 1 heterocycles. The summed E-state index contributed by atoms with van der Waals surface area (Å²) >= 11 is 0. The summed E-state index contributed by atoms with van der Waals surface area (Å²) in [5.74, 6) is 0.372. The summed E-state index contributed by atoms with van der Waals surface area (Å²) in [6.45, 7) is 7.00. The van der Waals surface area contributed by atoms with Crippen LogP contribution in [0.25, 0.3) is 0 Å². The molecule has 1 atom stereocenters. The van der Waals surface area contributed by atoms with E-state index >= 15 is 0 Å². The number of aliphatic imine (C=N–C) groups is 1. The third-order valence-electron chi connectivity index (χ3n) is 4.54. The van der Waals surface area contributed by atoms with Crippen LogP contribution in [0.1, 0.15) is 35.7 Å². The lowest BCUT2D eigenvalue weighted by molar-refractivity contribution is -0.117. The lowest BCUT2D eigenvalue weighted by Crippen LogP contribution is -2.38. The van der Waals surface area contributed by atoms with Crippen molar-refractivity contribution in [3.8, 4) is 0 Å². The second-order valence-electron chi connectivity index (χ2n) is 7.13. The summed E-state index contributed by atoms with van der Waals surface area (Å²) in [4.78, 5) is 27.2. The highest BCUT2D eigenvalue weighted by molar-refractivity contribution is 14.0. The summed E-state index contributed by atoms with van der Waals surface area (Å²) < 4.78 is 11.1. The molecule has 1 aliphatic rings. The van der Waals surface area contributed by atoms with Gasteiger partial charge in [-0.05, 0) is 37.5 Å². The Kier molecular flexibility index (Phi) is 13.8. The molecule has 31 heavy (non-hydrogen) atoms. The monoisotopic (exact) mass is 547 g/mol. The van der Waals surface area contributed by atoms with Gasteiger partial charge in [0.2, 0.25) is 5.91 Å². The Bertz CT molecular complexity index is 694. The van der Waals surface area contributed by atoms with Gasteiger partial charge in [0, 0.05) is 37.8 Å². The Morgan fingerprint density at radius 3 is 2.65 bits per heavy atom. The Hall–Kier alpha value is -1.92. The number of hydrogen-bond acceptors (Lipinski definition) is 5. The molecule has 0 spiro atoms. The number of carbonyl (C=O) groups is 2. The van der Waals surface area contributed by atoms with Gasteiger partial charge in [-0.2, -0.15) is 0 Å². The highest BCUT2D eigenvalue weighted by Gasteiger charge is 2.15. The predicted octanol–water partition coefficient (Wildman–Crippen LogP) is 1.02. The number of nitrogens with zero attached hydrogens (tertiary/aromatic N) is 1. The predicted molar refractivity (Wildman–Crippen MR) is 131 cm³/mol. The van der Waals surface area contributed by atoms with E-state index in [-0.39, 0.29) is 36.4 Å². The van der Waals surface area contributed by atoms with Gasteiger partial charge in [-0.3, -0.25) is 9.59 Å². The molecule has 1 saturated heterocycles. The molecule has 0 radical (unpaired) electrons. The second kappa shape index (κ2) is 15.8. The van der Waals surface area contributed by atoms with Crippen LogP contribution in [0.4, 0.5) is 0 Å². The van der Waals surface area contributed by atoms with E-state index in [0.29, 0.717) is 24.6 Å². The van der Waals surface area contributed by atoms with Crippen molar-refractivity contribution < 1.29 is 19.1 Å². The van der Waals surface area contributed by atoms with Crippen molar-refractivity contribution in [1.82, 2.24) is 16.0 Å². The number of halogens is 1. The van der Waals surface area contributed by atoms with Crippen LogP contribution in [0.3, 0.4) is 0 Å². The maximum atomic E-state index is 11.9. The van der Waals surface area contributed by atoms with E-state index < -0.39 is 5.91 Å². The first-order chi connectivity index (χ1) is 14.6. The van der Waals surface area contributed by atoms with E-state index in [1.54, 1.807) is 12.1 Å². The van der Waals surface area contributed by atoms with Gasteiger partial charge in [-0.25, -0.2) is 4.99 Å². The number of rotatable bonds is 12. The van der Waals surface area contributed by atoms with E-state index in [0.717, 1.165) is 57.3 Å². The summed E-state index contributed by atoms with van der Waals surface area (Å²) in [6, 6.07) is 7.09. The lowest BCUT2D eigenvalue weighted by atomic mass is 10.1. The van der Waals surface area contributed by atoms with Crippen molar-refractivity contribution in [3.05, 3.63) is 35.4 Å². The van der Waals surface area contributed by atoms with Gasteiger partial charge >= 0.3 is 0 Å². The molecule has 10 heteroatoms. The van der Waals surface area contributed by atoms with E-state index in [1.807, 2.05) is 19.1 Å². The molecule has 2 amide bonds. The van der Waals surface area contributed by atoms with Crippen LogP contribution in [0.2, 0.25) is 0 Å². The second-order valence-corrected chi connectivity index (χ2v) is 7.13. The molecular weight excluding hydrogens is 513 g/mol. The average Bonchev–Trinajstić information content (AvgIpc) is 3.26. The first-order valence-electron chi connectivity index (χ1n) is 10.4. The fourth-order valence-electron chi connectivity index (χ4n) is 2.89. The van der Waals surface area contributed by atoms with Crippen LogP contribution >= 0.6 is 24.0 Å². The van der Waals surface area contributed by atoms with Gasteiger partial charge in [0.25, 0.3) is 5.91 Å². The molecule has 0 aromatic heterocycles. The summed E-state index contributed by atoms with van der Waals surface area (Å²) in [5, 5.41) is 8.98. The number of benzene rings is 1. The van der Waals surface area contributed by atoms with Crippen LogP contribution in [0.15, 0.2) is 29.3 Å². The van der Waals surface area contributed by atoms with Crippen LogP contribution in [0, 0.1) is 5.92 Å². The number of primary amides is 1. The maximum absolute atomic E-state index is 11.9. The van der Waals surface area contributed by atoms with Gasteiger partial charge in [-0.15, -0.1) is 24.0 Å². The molecule has 9 nitrogen and oxygen atoms in total. The number of ether oxygens (including phenoxy) is 2. The molecule has 0 aliphatic carbocycles. The normalized spacial score (nSPS) is 15.8. The highest BCUT2D eigenvalue weighted by atomic mass is 127. The van der Waals surface area contributed by atoms with Crippen molar-refractivity contribution >= 4 is 41.8 Å². The van der Waals surface area contributed by atoms with Crippen molar-refractivity contribution in [2.75, 3.05) is 46.1 Å². The van der Waals surface area contributed by atoms with Gasteiger partial charge in [0.1, 0.15) is 0 Å². The Morgan fingerprint density at radius 1 is 1.23 bits per heavy atom.